The largest absolute Gasteiger partial charge is 0.395 e. The molecule has 1 aromatic rings. The van der Waals surface area contributed by atoms with Crippen molar-refractivity contribution in [3.05, 3.63) is 16.4 Å². The fraction of sp³-hybridized carbons (Fsp3) is 0.667. The van der Waals surface area contributed by atoms with Crippen molar-refractivity contribution in [2.75, 3.05) is 26.2 Å². The lowest BCUT2D eigenvalue weighted by molar-refractivity contribution is -0.146. The molecule has 0 aromatic carbocycles. The Hall–Kier alpha value is -1.60. The van der Waals surface area contributed by atoms with E-state index in [2.05, 4.69) is 10.2 Å². The van der Waals surface area contributed by atoms with Crippen LogP contribution in [0.4, 0.5) is 0 Å². The molecule has 2 N–H and O–H groups in total. The molecule has 2 aliphatic heterocycles. The number of aromatic nitrogens is 2. The summed E-state index contributed by atoms with van der Waals surface area (Å²) in [4.78, 5) is 29.1. The van der Waals surface area contributed by atoms with Crippen molar-refractivity contribution in [3.8, 4) is 0 Å². The quantitative estimate of drug-likeness (QED) is 0.857. The summed E-state index contributed by atoms with van der Waals surface area (Å²) in [5.74, 6) is -0.358. The zero-order valence-electron chi connectivity index (χ0n) is 13.1. The SMILES string of the molecule is Cc1[nH]nc(C(=O)N2CCCC23CCCN(CCO)C3=O)c1Cl. The maximum atomic E-state index is 12.9. The number of H-pyrrole nitrogens is 1. The van der Waals surface area contributed by atoms with Crippen LogP contribution in [0.15, 0.2) is 0 Å². The van der Waals surface area contributed by atoms with Gasteiger partial charge in [-0.25, -0.2) is 0 Å². The highest BCUT2D eigenvalue weighted by molar-refractivity contribution is 6.34. The molecule has 2 aliphatic rings. The fourth-order valence-corrected chi connectivity index (χ4v) is 3.91. The summed E-state index contributed by atoms with van der Waals surface area (Å²) in [5.41, 5.74) is 0.0124. The smallest absolute Gasteiger partial charge is 0.276 e. The lowest BCUT2D eigenvalue weighted by Crippen LogP contribution is -2.61. The predicted molar refractivity (Wildman–Crippen MR) is 84.2 cm³/mol. The summed E-state index contributed by atoms with van der Waals surface area (Å²) in [6, 6.07) is 0. The summed E-state index contributed by atoms with van der Waals surface area (Å²) in [7, 11) is 0. The molecule has 2 amide bonds. The number of aromatic amines is 1. The van der Waals surface area contributed by atoms with E-state index in [1.165, 1.54) is 0 Å². The minimum absolute atomic E-state index is 0.0629. The second-order valence-corrected chi connectivity index (χ2v) is 6.60. The first-order chi connectivity index (χ1) is 11.0. The lowest BCUT2D eigenvalue weighted by atomic mass is 9.85. The molecule has 2 fully saturated rings. The maximum absolute atomic E-state index is 12.9. The van der Waals surface area contributed by atoms with E-state index in [1.807, 2.05) is 0 Å². The standard InChI is InChI=1S/C15H21ClN4O3/c1-10-11(16)12(18-17-10)13(22)20-7-3-5-15(20)4-2-6-19(8-9-21)14(15)23/h21H,2-9H2,1H3,(H,17,18). The molecule has 23 heavy (non-hydrogen) atoms. The van der Waals surface area contributed by atoms with E-state index in [0.717, 1.165) is 12.8 Å². The summed E-state index contributed by atoms with van der Waals surface area (Å²) in [5, 5.41) is 16.2. The number of carbonyl (C=O) groups excluding carboxylic acids is 2. The maximum Gasteiger partial charge on any atom is 0.276 e. The van der Waals surface area contributed by atoms with Gasteiger partial charge in [0.1, 0.15) is 5.54 Å². The van der Waals surface area contributed by atoms with Crippen molar-refractivity contribution in [3.63, 3.8) is 0 Å². The van der Waals surface area contributed by atoms with Gasteiger partial charge in [0.05, 0.1) is 17.3 Å². The van der Waals surface area contributed by atoms with Crippen LogP contribution in [-0.2, 0) is 4.79 Å². The molecule has 1 atom stereocenters. The number of β-amino-alcohol motifs (C(OH)–C–C–N with tert-alkyl or cyclic N) is 1. The molecule has 0 saturated carbocycles. The van der Waals surface area contributed by atoms with Crippen LogP contribution in [0.5, 0.6) is 0 Å². The van der Waals surface area contributed by atoms with Crippen LogP contribution < -0.4 is 0 Å². The van der Waals surface area contributed by atoms with E-state index in [-0.39, 0.29) is 24.1 Å². The van der Waals surface area contributed by atoms with Crippen LogP contribution in [0, 0.1) is 6.92 Å². The molecule has 1 aromatic heterocycles. The van der Waals surface area contributed by atoms with E-state index in [9.17, 15) is 9.59 Å². The van der Waals surface area contributed by atoms with E-state index < -0.39 is 5.54 Å². The molecule has 3 rings (SSSR count). The molecule has 0 bridgehead atoms. The number of aliphatic hydroxyl groups excluding tert-OH is 1. The Morgan fingerprint density at radius 3 is 2.70 bits per heavy atom. The Balaban J connectivity index is 1.91. The third kappa shape index (κ3) is 2.52. The highest BCUT2D eigenvalue weighted by Crippen LogP contribution is 2.39. The Labute approximate surface area is 139 Å². The molecular formula is C15H21ClN4O3. The fourth-order valence-electron chi connectivity index (χ4n) is 3.74. The van der Waals surface area contributed by atoms with Gasteiger partial charge in [0.15, 0.2) is 5.69 Å². The molecule has 2 saturated heterocycles. The van der Waals surface area contributed by atoms with Gasteiger partial charge in [0.25, 0.3) is 5.91 Å². The monoisotopic (exact) mass is 340 g/mol. The number of rotatable bonds is 3. The second kappa shape index (κ2) is 6.13. The van der Waals surface area contributed by atoms with Crippen LogP contribution in [0.25, 0.3) is 0 Å². The Morgan fingerprint density at radius 1 is 1.39 bits per heavy atom. The molecule has 126 valence electrons. The number of amides is 2. The first-order valence-corrected chi connectivity index (χ1v) is 8.32. The molecule has 8 heteroatoms. The van der Waals surface area contributed by atoms with E-state index in [0.29, 0.717) is 43.2 Å². The molecule has 3 heterocycles. The number of likely N-dealkylation sites (tertiary alicyclic amines) is 2. The minimum Gasteiger partial charge on any atom is -0.395 e. The number of carbonyl (C=O) groups is 2. The average molecular weight is 341 g/mol. The lowest BCUT2D eigenvalue weighted by Gasteiger charge is -2.44. The second-order valence-electron chi connectivity index (χ2n) is 6.22. The number of piperidine rings is 1. The van der Waals surface area contributed by atoms with Gasteiger partial charge in [0.2, 0.25) is 5.91 Å². The number of nitrogens with one attached hydrogen (secondary N) is 1. The molecular weight excluding hydrogens is 320 g/mol. The predicted octanol–water partition coefficient (Wildman–Crippen LogP) is 0.961. The molecule has 1 spiro atoms. The Bertz CT molecular complexity index is 630. The third-order valence-corrected chi connectivity index (χ3v) is 5.35. The number of aryl methyl sites for hydroxylation is 1. The van der Waals surface area contributed by atoms with Gasteiger partial charge in [0, 0.05) is 19.6 Å². The molecule has 1 unspecified atom stereocenters. The number of hydrogen-bond donors (Lipinski definition) is 2. The Morgan fingerprint density at radius 2 is 2.09 bits per heavy atom. The van der Waals surface area contributed by atoms with E-state index in [1.54, 1.807) is 16.7 Å². The third-order valence-electron chi connectivity index (χ3n) is 4.88. The van der Waals surface area contributed by atoms with Crippen molar-refractivity contribution >= 4 is 23.4 Å². The van der Waals surface area contributed by atoms with Gasteiger partial charge in [-0.2, -0.15) is 5.10 Å². The van der Waals surface area contributed by atoms with Gasteiger partial charge in [-0.05, 0) is 32.6 Å². The van der Waals surface area contributed by atoms with Gasteiger partial charge >= 0.3 is 0 Å². The number of aliphatic hydroxyl groups is 1. The zero-order chi connectivity index (χ0) is 16.6. The summed E-state index contributed by atoms with van der Waals surface area (Å²) in [6.07, 6.45) is 2.91. The van der Waals surface area contributed by atoms with E-state index in [4.69, 9.17) is 16.7 Å². The van der Waals surface area contributed by atoms with Crippen LogP contribution >= 0.6 is 11.6 Å². The Kier molecular flexibility index (Phi) is 4.33. The number of hydrogen-bond acceptors (Lipinski definition) is 4. The first-order valence-electron chi connectivity index (χ1n) is 7.94. The van der Waals surface area contributed by atoms with Crippen LogP contribution in [0.1, 0.15) is 41.9 Å². The van der Waals surface area contributed by atoms with Gasteiger partial charge in [-0.15, -0.1) is 0 Å². The van der Waals surface area contributed by atoms with Crippen LogP contribution in [-0.4, -0.2) is 68.7 Å². The minimum atomic E-state index is -0.805. The van der Waals surface area contributed by atoms with Gasteiger partial charge < -0.3 is 14.9 Å². The van der Waals surface area contributed by atoms with Crippen molar-refractivity contribution in [1.29, 1.82) is 0 Å². The summed E-state index contributed by atoms with van der Waals surface area (Å²) < 4.78 is 0. The van der Waals surface area contributed by atoms with Gasteiger partial charge in [-0.3, -0.25) is 14.7 Å². The zero-order valence-corrected chi connectivity index (χ0v) is 13.9. The first kappa shape index (κ1) is 16.3. The molecule has 0 radical (unpaired) electrons. The topological polar surface area (TPSA) is 89.5 Å². The van der Waals surface area contributed by atoms with Crippen LogP contribution in [0.2, 0.25) is 5.02 Å². The van der Waals surface area contributed by atoms with Crippen LogP contribution in [0.3, 0.4) is 0 Å². The normalized spacial score (nSPS) is 24.7. The highest BCUT2D eigenvalue weighted by Gasteiger charge is 2.53. The number of halogens is 1. The van der Waals surface area contributed by atoms with Crippen molar-refractivity contribution in [2.45, 2.75) is 38.1 Å². The molecule has 7 nitrogen and oxygen atoms in total. The highest BCUT2D eigenvalue weighted by atomic mass is 35.5. The summed E-state index contributed by atoms with van der Waals surface area (Å²) >= 11 is 6.15. The van der Waals surface area contributed by atoms with Crippen molar-refractivity contribution in [1.82, 2.24) is 20.0 Å². The van der Waals surface area contributed by atoms with Crippen molar-refractivity contribution < 1.29 is 14.7 Å². The average Bonchev–Trinajstić information content (AvgIpc) is 3.10. The number of nitrogens with zero attached hydrogens (tertiary/aromatic N) is 3. The van der Waals surface area contributed by atoms with E-state index >= 15 is 0 Å². The van der Waals surface area contributed by atoms with Crippen molar-refractivity contribution in [2.24, 2.45) is 0 Å². The molecule has 0 aliphatic carbocycles. The van der Waals surface area contributed by atoms with Gasteiger partial charge in [-0.1, -0.05) is 11.6 Å². The summed E-state index contributed by atoms with van der Waals surface area (Å²) in [6.45, 7) is 3.15.